The number of phenolic OH excluding ortho intramolecular Hbond substituents is 1. The number of nitrogens with one attached hydrogen (secondary N) is 9. The number of carboxylic acids is 6. The summed E-state index contributed by atoms with van der Waals surface area (Å²) in [6.07, 6.45) is -1.65. The molecule has 35 nitrogen and oxygen atoms in total. The van der Waals surface area contributed by atoms with Gasteiger partial charge in [0.2, 0.25) is 65.0 Å². The Balaban J connectivity index is 1.54. The van der Waals surface area contributed by atoms with E-state index in [1.165, 1.54) is 31.2 Å². The zero-order valence-corrected chi connectivity index (χ0v) is 55.0. The van der Waals surface area contributed by atoms with Gasteiger partial charge in [0.05, 0.1) is 6.42 Å². The largest absolute Gasteiger partial charge is 0.508 e. The fourth-order valence-electron chi connectivity index (χ4n) is 11.8. The number of benzene rings is 1. The summed E-state index contributed by atoms with van der Waals surface area (Å²) in [4.78, 5) is 226. The molecule has 2 heterocycles. The summed E-state index contributed by atoms with van der Waals surface area (Å²) in [7, 11) is 0. The van der Waals surface area contributed by atoms with Gasteiger partial charge in [-0.25, -0.2) is 4.79 Å². The molecular weight excluding hydrogens is 1290 g/mol. The summed E-state index contributed by atoms with van der Waals surface area (Å²) in [6.45, 7) is 5.36. The van der Waals surface area contributed by atoms with Crippen molar-refractivity contribution < 1.29 is 117 Å². The van der Waals surface area contributed by atoms with Crippen molar-refractivity contribution >= 4 is 101 Å². The average Bonchev–Trinajstić information content (AvgIpc) is 1.60. The van der Waals surface area contributed by atoms with Crippen LogP contribution in [0.4, 0.5) is 0 Å². The second-order valence-corrected chi connectivity index (χ2v) is 24.9. The second-order valence-electron chi connectivity index (χ2n) is 24.9. The summed E-state index contributed by atoms with van der Waals surface area (Å²) in [5.74, 6) is -20.2. The van der Waals surface area contributed by atoms with Crippen molar-refractivity contribution in [3.05, 3.63) is 29.8 Å². The van der Waals surface area contributed by atoms with E-state index in [1.54, 1.807) is 13.8 Å². The van der Waals surface area contributed by atoms with Crippen LogP contribution in [-0.4, -0.2) is 226 Å². The number of rotatable bonds is 40. The number of carboxylic acid groups (broad SMARTS) is 6. The lowest BCUT2D eigenvalue weighted by molar-refractivity contribution is -0.146. The Morgan fingerprint density at radius 1 is 0.449 bits per heavy atom. The highest BCUT2D eigenvalue weighted by Gasteiger charge is 2.44. The normalized spacial score (nSPS) is 18.3. The Kier molecular flexibility index (Phi) is 32.2. The molecule has 0 bridgehead atoms. The number of carbonyl (C=O) groups excluding carboxylic acids is 11. The second kappa shape index (κ2) is 39.3. The van der Waals surface area contributed by atoms with Crippen LogP contribution in [0.15, 0.2) is 24.3 Å². The van der Waals surface area contributed by atoms with Crippen LogP contribution in [0.3, 0.4) is 0 Å². The number of amides is 11. The highest BCUT2D eigenvalue weighted by Crippen LogP contribution is 2.29. The van der Waals surface area contributed by atoms with Crippen LogP contribution in [0.2, 0.25) is 0 Å². The molecule has 1 aromatic rings. The zero-order valence-electron chi connectivity index (χ0n) is 55.0. The van der Waals surface area contributed by atoms with E-state index in [9.17, 15) is 112 Å². The molecule has 1 saturated carbocycles. The number of likely N-dealkylation sites (tertiary alicyclic amines) is 2. The summed E-state index contributed by atoms with van der Waals surface area (Å²) >= 11 is 0. The molecule has 542 valence electrons. The number of phenols is 1. The van der Waals surface area contributed by atoms with Crippen LogP contribution in [0, 0.1) is 11.8 Å². The summed E-state index contributed by atoms with van der Waals surface area (Å²) in [5, 5.41) is 88.9. The molecule has 0 radical (unpaired) electrons. The van der Waals surface area contributed by atoms with Crippen LogP contribution < -0.4 is 47.9 Å². The van der Waals surface area contributed by atoms with Gasteiger partial charge in [-0.15, -0.1) is 0 Å². The van der Waals surface area contributed by atoms with E-state index < -0.39 is 231 Å². The average molecular weight is 1390 g/mol. The van der Waals surface area contributed by atoms with Gasteiger partial charge in [-0.3, -0.25) is 76.7 Å². The van der Waals surface area contributed by atoms with E-state index in [2.05, 4.69) is 47.9 Å². The molecule has 98 heavy (non-hydrogen) atoms. The molecule has 2 saturated heterocycles. The van der Waals surface area contributed by atoms with Crippen molar-refractivity contribution in [2.45, 2.75) is 229 Å². The van der Waals surface area contributed by atoms with Crippen molar-refractivity contribution in [2.24, 2.45) is 11.8 Å². The first-order valence-electron chi connectivity index (χ1n) is 32.6. The van der Waals surface area contributed by atoms with Gasteiger partial charge in [-0.05, 0) is 94.2 Å². The highest BCUT2D eigenvalue weighted by molar-refractivity contribution is 6.00. The Hall–Kier alpha value is -9.99. The van der Waals surface area contributed by atoms with E-state index in [0.29, 0.717) is 18.4 Å². The fraction of sp³-hybridized carbons (Fsp3) is 0.635. The minimum Gasteiger partial charge on any atom is -0.508 e. The molecule has 3 aliphatic rings. The molecular formula is C63H91N11O24. The van der Waals surface area contributed by atoms with Crippen LogP contribution in [0.1, 0.15) is 162 Å². The van der Waals surface area contributed by atoms with Gasteiger partial charge in [0.15, 0.2) is 0 Å². The van der Waals surface area contributed by atoms with Gasteiger partial charge in [0.25, 0.3) is 0 Å². The van der Waals surface area contributed by atoms with Gasteiger partial charge in [0.1, 0.15) is 72.2 Å². The zero-order chi connectivity index (χ0) is 73.1. The molecule has 16 N–H and O–H groups in total. The SMILES string of the molecule is CC[C@H](C)[C@H](NC(=O)[C@@H]1CCCN1C(=O)[C@H](CCC(=O)O)NC(=O)[C@H](Cc1ccc(O)cc1)NC(=O)[C@H](CC(=O)O)NC(C)=O)C(=O)N1CCC[C@H]1C(=O)N[C@@H](CCC(=O)O)C(=O)N[C@@H](CCC(=O)O)C(=O)N[C@@H](C)C(=O)N[C@@H](CC1CCCCC1)C(=O)N[C@H](CCC(=O)O)C(=O)O. The van der Waals surface area contributed by atoms with Gasteiger partial charge in [-0.2, -0.15) is 0 Å². The minimum atomic E-state index is -1.77. The molecule has 4 rings (SSSR count). The molecule has 1 aromatic carbocycles. The van der Waals surface area contributed by atoms with Crippen molar-refractivity contribution in [3.8, 4) is 5.75 Å². The minimum absolute atomic E-state index is 0.00658. The predicted octanol–water partition coefficient (Wildman–Crippen LogP) is -1.65. The fourth-order valence-corrected chi connectivity index (χ4v) is 11.8. The van der Waals surface area contributed by atoms with Gasteiger partial charge < -0.3 is 93.4 Å². The first kappa shape index (κ1) is 80.4. The van der Waals surface area contributed by atoms with Gasteiger partial charge in [0, 0.05) is 52.1 Å². The van der Waals surface area contributed by atoms with E-state index in [0.717, 1.165) is 36.0 Å². The third-order valence-corrected chi connectivity index (χ3v) is 17.3. The van der Waals surface area contributed by atoms with E-state index >= 15 is 0 Å². The number of aliphatic carboxylic acids is 6. The van der Waals surface area contributed by atoms with Crippen LogP contribution >= 0.6 is 0 Å². The number of nitrogens with zero attached hydrogens (tertiary/aromatic N) is 2. The molecule has 0 aromatic heterocycles. The van der Waals surface area contributed by atoms with E-state index in [1.807, 2.05) is 0 Å². The molecule has 12 atom stereocenters. The van der Waals surface area contributed by atoms with E-state index in [-0.39, 0.29) is 69.7 Å². The molecule has 11 amide bonds. The molecule has 1 aliphatic carbocycles. The first-order chi connectivity index (χ1) is 46.2. The molecule has 2 aliphatic heterocycles. The maximum atomic E-state index is 14.8. The predicted molar refractivity (Wildman–Crippen MR) is 338 cm³/mol. The smallest absolute Gasteiger partial charge is 0.326 e. The third kappa shape index (κ3) is 26.2. The molecule has 0 unspecified atom stereocenters. The lowest BCUT2D eigenvalue weighted by Gasteiger charge is -2.34. The summed E-state index contributed by atoms with van der Waals surface area (Å²) < 4.78 is 0. The maximum absolute atomic E-state index is 14.8. The monoisotopic (exact) mass is 1390 g/mol. The van der Waals surface area contributed by atoms with Crippen molar-refractivity contribution in [1.82, 2.24) is 57.7 Å². The summed E-state index contributed by atoms with van der Waals surface area (Å²) in [5.41, 5.74) is 0.344. The quantitative estimate of drug-likeness (QED) is 0.0350. The van der Waals surface area contributed by atoms with Crippen molar-refractivity contribution in [2.75, 3.05) is 13.1 Å². The standard InChI is InChI=1S/C63H91N11O24/c1-5-32(2)52(72-60(94)46-14-9-27-73(46)61(95)40(21-25-49(81)82)68-56(90)43(30-36-15-17-37(76)18-16-36)71-58(92)44(31-51(85)86)65-34(4)75)62(96)74-28-10-13-45(74)59(93)67-39(20-24-48(79)80)55(89)66-38(19-23-47(77)78)54(88)64-33(3)53(87)70-42(29-35-11-7-6-8-12-35)57(91)69-41(63(97)98)22-26-50(83)84/h15-18,32-33,35,38-46,52,76H,5-14,19-31H2,1-4H3,(H,64,88)(H,65,75)(H,66,89)(H,67,93)(H,68,90)(H,69,91)(H,70,87)(H,71,92)(H,72,94)(H,77,78)(H,79,80)(H,81,82)(H,83,84)(H,85,86)(H,97,98)/t32-,33-,38-,39-,40-,41+,42-,43-,44-,45-,46-,52-/m0/s1. The van der Waals surface area contributed by atoms with Crippen LogP contribution in [-0.2, 0) is 87.9 Å². The number of aromatic hydroxyl groups is 1. The van der Waals surface area contributed by atoms with Gasteiger partial charge in [-0.1, -0.05) is 64.5 Å². The molecule has 0 spiro atoms. The molecule has 3 fully saturated rings. The summed E-state index contributed by atoms with van der Waals surface area (Å²) in [6, 6.07) is -11.8. The van der Waals surface area contributed by atoms with E-state index in [4.69, 9.17) is 5.11 Å². The van der Waals surface area contributed by atoms with Gasteiger partial charge >= 0.3 is 35.8 Å². The third-order valence-electron chi connectivity index (χ3n) is 17.3. The number of hydrogen-bond donors (Lipinski definition) is 16. The lowest BCUT2D eigenvalue weighted by Crippen LogP contribution is -2.61. The Morgan fingerprint density at radius 3 is 1.39 bits per heavy atom. The van der Waals surface area contributed by atoms with Crippen LogP contribution in [0.25, 0.3) is 0 Å². The Labute approximate surface area is 563 Å². The van der Waals surface area contributed by atoms with Crippen molar-refractivity contribution in [1.29, 1.82) is 0 Å². The topological polar surface area (TPSA) is 547 Å². The van der Waals surface area contributed by atoms with Crippen LogP contribution in [0.5, 0.6) is 5.75 Å². The maximum Gasteiger partial charge on any atom is 0.326 e. The number of hydrogen-bond acceptors (Lipinski definition) is 18. The number of carbonyl (C=O) groups is 17. The highest BCUT2D eigenvalue weighted by atomic mass is 16.4. The first-order valence-corrected chi connectivity index (χ1v) is 32.6. The van der Waals surface area contributed by atoms with Crippen molar-refractivity contribution in [3.63, 3.8) is 0 Å². The lowest BCUT2D eigenvalue weighted by atomic mass is 9.84. The molecule has 35 heteroatoms. The Bertz CT molecular complexity index is 3070. The Morgan fingerprint density at radius 2 is 0.878 bits per heavy atom.